The SMILES string of the molecule is O=C1NC(=O)c2c(F)c(F)c(F)c1c2F. The van der Waals surface area contributed by atoms with Crippen LogP contribution in [0.1, 0.15) is 20.7 Å². The van der Waals surface area contributed by atoms with Gasteiger partial charge in [0.15, 0.2) is 23.3 Å². The van der Waals surface area contributed by atoms with Crippen LogP contribution >= 0.6 is 0 Å². The van der Waals surface area contributed by atoms with E-state index >= 15 is 0 Å². The minimum absolute atomic E-state index is 1.29. The highest BCUT2D eigenvalue weighted by Crippen LogP contribution is 2.26. The highest BCUT2D eigenvalue weighted by Gasteiger charge is 2.37. The molecule has 1 aromatic carbocycles. The predicted molar refractivity (Wildman–Crippen MR) is 38.1 cm³/mol. The molecule has 0 fully saturated rings. The van der Waals surface area contributed by atoms with Gasteiger partial charge < -0.3 is 0 Å². The highest BCUT2D eigenvalue weighted by molar-refractivity contribution is 6.15. The van der Waals surface area contributed by atoms with Gasteiger partial charge >= 0.3 is 0 Å². The van der Waals surface area contributed by atoms with Crippen molar-refractivity contribution in [2.45, 2.75) is 0 Å². The van der Waals surface area contributed by atoms with Crippen LogP contribution in [0.25, 0.3) is 0 Å². The molecule has 0 unspecified atom stereocenters. The molecule has 1 N–H and O–H groups in total. The van der Waals surface area contributed by atoms with Crippen molar-refractivity contribution < 1.29 is 27.2 Å². The topological polar surface area (TPSA) is 46.2 Å². The van der Waals surface area contributed by atoms with E-state index in [4.69, 9.17) is 0 Å². The number of amides is 2. The molecule has 0 saturated carbocycles. The second kappa shape index (κ2) is 2.78. The maximum Gasteiger partial charge on any atom is 0.264 e. The fourth-order valence-electron chi connectivity index (χ4n) is 1.26. The van der Waals surface area contributed by atoms with E-state index in [1.807, 2.05) is 0 Å². The van der Waals surface area contributed by atoms with Gasteiger partial charge in [-0.3, -0.25) is 14.9 Å². The largest absolute Gasteiger partial charge is 0.288 e. The van der Waals surface area contributed by atoms with E-state index in [0.717, 1.165) is 0 Å². The van der Waals surface area contributed by atoms with Crippen molar-refractivity contribution in [3.63, 3.8) is 0 Å². The maximum absolute atomic E-state index is 13.1. The van der Waals surface area contributed by atoms with E-state index in [1.54, 1.807) is 0 Å². The number of hydrogen-bond donors (Lipinski definition) is 1. The van der Waals surface area contributed by atoms with Crippen molar-refractivity contribution in [1.82, 2.24) is 5.32 Å². The maximum atomic E-state index is 13.1. The van der Waals surface area contributed by atoms with E-state index < -0.39 is 46.2 Å². The van der Waals surface area contributed by atoms with Crippen LogP contribution in [0.2, 0.25) is 0 Å². The Labute approximate surface area is 79.7 Å². The number of halogens is 4. The first-order valence-corrected chi connectivity index (χ1v) is 3.66. The van der Waals surface area contributed by atoms with E-state index in [1.165, 1.54) is 5.32 Å². The first-order valence-electron chi connectivity index (χ1n) is 3.66. The molecule has 2 rings (SSSR count). The zero-order valence-corrected chi connectivity index (χ0v) is 6.83. The molecule has 1 aliphatic rings. The van der Waals surface area contributed by atoms with Gasteiger partial charge in [0.2, 0.25) is 0 Å². The van der Waals surface area contributed by atoms with Crippen molar-refractivity contribution in [3.8, 4) is 0 Å². The van der Waals surface area contributed by atoms with E-state index in [0.29, 0.717) is 0 Å². The third kappa shape index (κ3) is 1.06. The second-order valence-electron chi connectivity index (χ2n) is 2.79. The third-order valence-electron chi connectivity index (χ3n) is 1.94. The zero-order chi connectivity index (χ0) is 11.3. The number of benzene rings is 1. The first-order chi connectivity index (χ1) is 6.95. The van der Waals surface area contributed by atoms with E-state index in [9.17, 15) is 27.2 Å². The molecule has 0 saturated heterocycles. The summed E-state index contributed by atoms with van der Waals surface area (Å²) >= 11 is 0. The van der Waals surface area contributed by atoms with Crippen molar-refractivity contribution >= 4 is 11.8 Å². The number of hydrogen-bond acceptors (Lipinski definition) is 2. The lowest BCUT2D eigenvalue weighted by Gasteiger charge is -2.15. The van der Waals surface area contributed by atoms with Crippen LogP contribution in [-0.4, -0.2) is 11.8 Å². The predicted octanol–water partition coefficient (Wildman–Crippen LogP) is 1.13. The standard InChI is InChI=1S/C8HF4NO2/c9-3-1-4(10)6(12)5(11)2(3)8(15)13-7(1)14/h(H,13,14,15). The van der Waals surface area contributed by atoms with Crippen LogP contribution in [0.3, 0.4) is 0 Å². The molecule has 7 heteroatoms. The van der Waals surface area contributed by atoms with Crippen LogP contribution in [0, 0.1) is 23.3 Å². The molecule has 3 nitrogen and oxygen atoms in total. The van der Waals surface area contributed by atoms with Gasteiger partial charge in [-0.25, -0.2) is 17.6 Å². The summed E-state index contributed by atoms with van der Waals surface area (Å²) in [5.74, 6) is -10.5. The van der Waals surface area contributed by atoms with Gasteiger partial charge in [0.05, 0.1) is 0 Å². The monoisotopic (exact) mass is 219 g/mol. The Morgan fingerprint density at radius 2 is 1.07 bits per heavy atom. The Balaban J connectivity index is 2.95. The number of fused-ring (bicyclic) bond motifs is 2. The molecule has 2 bridgehead atoms. The normalized spacial score (nSPS) is 14.1. The molecular weight excluding hydrogens is 218 g/mol. The summed E-state index contributed by atoms with van der Waals surface area (Å²) in [6.45, 7) is 0. The van der Waals surface area contributed by atoms with Crippen molar-refractivity contribution in [2.75, 3.05) is 0 Å². The molecule has 0 atom stereocenters. The van der Waals surface area contributed by atoms with E-state index in [2.05, 4.69) is 0 Å². The number of carbonyl (C=O) groups is 2. The molecule has 0 spiro atoms. The summed E-state index contributed by atoms with van der Waals surface area (Å²) in [6, 6.07) is 0. The lowest BCUT2D eigenvalue weighted by atomic mass is 10.0. The van der Waals surface area contributed by atoms with Gasteiger partial charge in [-0.15, -0.1) is 0 Å². The van der Waals surface area contributed by atoms with Gasteiger partial charge in [-0.2, -0.15) is 0 Å². The van der Waals surface area contributed by atoms with Crippen LogP contribution < -0.4 is 5.32 Å². The average Bonchev–Trinajstić information content (AvgIpc) is 2.13. The summed E-state index contributed by atoms with van der Waals surface area (Å²) < 4.78 is 51.7. The van der Waals surface area contributed by atoms with Gasteiger partial charge in [-0.1, -0.05) is 0 Å². The van der Waals surface area contributed by atoms with Gasteiger partial charge in [0.25, 0.3) is 11.8 Å². The number of nitrogens with one attached hydrogen (secondary N) is 1. The molecule has 78 valence electrons. The molecular formula is C8HF4NO2. The summed E-state index contributed by atoms with van der Waals surface area (Å²) in [5.41, 5.74) is -2.58. The average molecular weight is 219 g/mol. The minimum atomic E-state index is -2.04. The third-order valence-corrected chi connectivity index (χ3v) is 1.94. The van der Waals surface area contributed by atoms with Crippen molar-refractivity contribution in [2.24, 2.45) is 0 Å². The van der Waals surface area contributed by atoms with Crippen LogP contribution in [-0.2, 0) is 0 Å². The molecule has 0 radical (unpaired) electrons. The molecule has 15 heavy (non-hydrogen) atoms. The molecule has 0 aromatic heterocycles. The Kier molecular flexibility index (Phi) is 1.79. The fraction of sp³-hybridized carbons (Fsp3) is 0. The Morgan fingerprint density at radius 1 is 0.667 bits per heavy atom. The van der Waals surface area contributed by atoms with E-state index in [-0.39, 0.29) is 0 Å². The lowest BCUT2D eigenvalue weighted by Crippen LogP contribution is -2.39. The Morgan fingerprint density at radius 3 is 1.47 bits per heavy atom. The summed E-state index contributed by atoms with van der Waals surface area (Å²) in [6.07, 6.45) is 0. The minimum Gasteiger partial charge on any atom is -0.288 e. The van der Waals surface area contributed by atoms with Gasteiger partial charge in [0, 0.05) is 0 Å². The number of carbonyl (C=O) groups excluding carboxylic acids is 2. The summed E-state index contributed by atoms with van der Waals surface area (Å²) in [5, 5.41) is 1.48. The molecule has 1 heterocycles. The summed E-state index contributed by atoms with van der Waals surface area (Å²) in [4.78, 5) is 21.7. The van der Waals surface area contributed by atoms with Gasteiger partial charge in [-0.05, 0) is 0 Å². The highest BCUT2D eigenvalue weighted by atomic mass is 19.2. The molecule has 0 aliphatic carbocycles. The lowest BCUT2D eigenvalue weighted by molar-refractivity contribution is 0.0821. The van der Waals surface area contributed by atoms with Crippen molar-refractivity contribution in [1.29, 1.82) is 0 Å². The molecule has 1 aromatic rings. The summed E-state index contributed by atoms with van der Waals surface area (Å²) in [7, 11) is 0. The second-order valence-corrected chi connectivity index (χ2v) is 2.79. The van der Waals surface area contributed by atoms with Crippen LogP contribution in [0.4, 0.5) is 17.6 Å². The molecule has 2 amide bonds. The quantitative estimate of drug-likeness (QED) is 0.307. The Bertz CT molecular complexity index is 471. The van der Waals surface area contributed by atoms with Crippen LogP contribution in [0.15, 0.2) is 0 Å². The number of imide groups is 1. The van der Waals surface area contributed by atoms with Crippen LogP contribution in [0.5, 0.6) is 0 Å². The first kappa shape index (κ1) is 9.63. The smallest absolute Gasteiger partial charge is 0.264 e. The Hall–Kier alpha value is -1.92. The molecule has 1 aliphatic heterocycles. The van der Waals surface area contributed by atoms with Gasteiger partial charge in [0.1, 0.15) is 11.1 Å². The van der Waals surface area contributed by atoms with Crippen molar-refractivity contribution in [3.05, 3.63) is 34.4 Å². The number of rotatable bonds is 0. The zero-order valence-electron chi connectivity index (χ0n) is 6.83. The fourth-order valence-corrected chi connectivity index (χ4v) is 1.26.